The zero-order valence-corrected chi connectivity index (χ0v) is 18.6. The second-order valence-corrected chi connectivity index (χ2v) is 9.24. The van der Waals surface area contributed by atoms with E-state index in [0.29, 0.717) is 30.9 Å². The summed E-state index contributed by atoms with van der Waals surface area (Å²) in [5.74, 6) is -0.193. The van der Waals surface area contributed by atoms with Gasteiger partial charge in [-0.1, -0.05) is 17.4 Å². The van der Waals surface area contributed by atoms with Gasteiger partial charge in [0.1, 0.15) is 0 Å². The predicted molar refractivity (Wildman–Crippen MR) is 121 cm³/mol. The van der Waals surface area contributed by atoms with Crippen LogP contribution in [0.4, 0.5) is 5.69 Å². The summed E-state index contributed by atoms with van der Waals surface area (Å²) in [6.07, 6.45) is 1.08. The number of carbonyl (C=O) groups is 2. The van der Waals surface area contributed by atoms with Crippen LogP contribution in [0.25, 0.3) is 0 Å². The fraction of sp³-hybridized carbons (Fsp3) is 0.318. The van der Waals surface area contributed by atoms with Gasteiger partial charge in [-0.2, -0.15) is 0 Å². The second kappa shape index (κ2) is 8.57. The molecule has 2 amide bonds. The van der Waals surface area contributed by atoms with Crippen LogP contribution >= 0.6 is 22.7 Å². The van der Waals surface area contributed by atoms with E-state index in [2.05, 4.69) is 16.8 Å². The molecule has 8 heteroatoms. The molecule has 1 aliphatic rings. The van der Waals surface area contributed by atoms with Gasteiger partial charge in [-0.15, -0.1) is 11.3 Å². The number of aryl methyl sites for hydroxylation is 1. The van der Waals surface area contributed by atoms with E-state index in [0.717, 1.165) is 29.0 Å². The van der Waals surface area contributed by atoms with E-state index in [1.807, 2.05) is 24.8 Å². The summed E-state index contributed by atoms with van der Waals surface area (Å²) in [6, 6.07) is 7.50. The minimum Gasteiger partial charge on any atom is -0.334 e. The topological polar surface area (TPSA) is 71.4 Å². The van der Waals surface area contributed by atoms with Crippen LogP contribution in [-0.2, 0) is 24.3 Å². The molecular weight excluding hydrogens is 418 g/mol. The highest BCUT2D eigenvalue weighted by molar-refractivity contribution is 7.10. The molecule has 0 spiro atoms. The largest absolute Gasteiger partial charge is 0.334 e. The summed E-state index contributed by atoms with van der Waals surface area (Å²) >= 11 is 2.88. The Morgan fingerprint density at radius 2 is 2.00 bits per heavy atom. The van der Waals surface area contributed by atoms with Crippen molar-refractivity contribution in [3.8, 4) is 0 Å². The van der Waals surface area contributed by atoms with Crippen LogP contribution in [0.2, 0.25) is 0 Å². The zero-order valence-electron chi connectivity index (χ0n) is 16.9. The third kappa shape index (κ3) is 4.11. The number of nitrogens with one attached hydrogen (secondary N) is 1. The molecule has 1 N–H and O–H groups in total. The number of aromatic nitrogens is 1. The number of anilines is 1. The molecule has 3 aromatic rings. The van der Waals surface area contributed by atoms with Gasteiger partial charge in [0.05, 0.1) is 0 Å². The molecule has 1 aromatic carbocycles. The minimum absolute atomic E-state index is 0.0131. The maximum atomic E-state index is 13.1. The Labute approximate surface area is 182 Å². The number of benzene rings is 1. The Balaban J connectivity index is 1.44. The van der Waals surface area contributed by atoms with Crippen molar-refractivity contribution in [3.05, 3.63) is 72.0 Å². The van der Waals surface area contributed by atoms with Crippen molar-refractivity contribution in [2.24, 2.45) is 0 Å². The van der Waals surface area contributed by atoms with Crippen LogP contribution in [0.15, 0.2) is 39.8 Å². The molecule has 0 atom stereocenters. The number of fused-ring (bicyclic) bond motifs is 1. The molecule has 0 aliphatic carbocycles. The fourth-order valence-electron chi connectivity index (χ4n) is 3.70. The highest BCUT2D eigenvalue weighted by Gasteiger charge is 2.24. The quantitative estimate of drug-likeness (QED) is 0.654. The molecule has 1 aliphatic heterocycles. The van der Waals surface area contributed by atoms with Crippen molar-refractivity contribution in [3.63, 3.8) is 0 Å². The molecular formula is C22H23N3O3S2. The van der Waals surface area contributed by atoms with E-state index in [4.69, 9.17) is 0 Å². The SMILES string of the molecule is Cc1c(NC(=O)CCn2c(C)csc2=O)cccc1C(=O)N1CCc2sccc2C1. The van der Waals surface area contributed by atoms with Gasteiger partial charge in [-0.05, 0) is 55.0 Å². The first-order chi connectivity index (χ1) is 14.4. The Kier molecular flexibility index (Phi) is 5.87. The Morgan fingerprint density at radius 1 is 1.17 bits per heavy atom. The number of thiophene rings is 1. The normalized spacial score (nSPS) is 13.2. The molecule has 0 saturated heterocycles. The van der Waals surface area contributed by atoms with E-state index < -0.39 is 0 Å². The standard InChI is InChI=1S/C22H23N3O3S2/c1-14-13-30-22(28)25(14)10-7-20(26)23-18-5-3-4-17(15(18)2)21(27)24-9-6-19-16(12-24)8-11-29-19/h3-5,8,11,13H,6-7,9-10,12H2,1-2H3,(H,23,26). The van der Waals surface area contributed by atoms with Gasteiger partial charge in [0.25, 0.3) is 5.91 Å². The average Bonchev–Trinajstić information content (AvgIpc) is 3.33. The summed E-state index contributed by atoms with van der Waals surface area (Å²) in [6.45, 7) is 5.39. The van der Waals surface area contributed by atoms with E-state index in [9.17, 15) is 14.4 Å². The first kappa shape index (κ1) is 20.6. The van der Waals surface area contributed by atoms with Gasteiger partial charge in [0.15, 0.2) is 0 Å². The lowest BCUT2D eigenvalue weighted by atomic mass is 10.0. The van der Waals surface area contributed by atoms with Crippen molar-refractivity contribution in [2.45, 2.75) is 39.8 Å². The number of carbonyl (C=O) groups excluding carboxylic acids is 2. The van der Waals surface area contributed by atoms with Crippen molar-refractivity contribution >= 4 is 40.2 Å². The molecule has 0 unspecified atom stereocenters. The second-order valence-electron chi connectivity index (χ2n) is 7.42. The van der Waals surface area contributed by atoms with E-state index in [-0.39, 0.29) is 23.1 Å². The lowest BCUT2D eigenvalue weighted by molar-refractivity contribution is -0.116. The van der Waals surface area contributed by atoms with Crippen LogP contribution in [0.5, 0.6) is 0 Å². The van der Waals surface area contributed by atoms with Gasteiger partial charge >= 0.3 is 4.87 Å². The van der Waals surface area contributed by atoms with Gasteiger partial charge in [0.2, 0.25) is 5.91 Å². The first-order valence-electron chi connectivity index (χ1n) is 9.83. The summed E-state index contributed by atoms with van der Waals surface area (Å²) in [7, 11) is 0. The smallest absolute Gasteiger partial charge is 0.307 e. The average molecular weight is 442 g/mol. The van der Waals surface area contributed by atoms with Gasteiger partial charge < -0.3 is 14.8 Å². The van der Waals surface area contributed by atoms with E-state index >= 15 is 0 Å². The number of hydrogen-bond acceptors (Lipinski definition) is 5. The highest BCUT2D eigenvalue weighted by atomic mass is 32.1. The molecule has 0 radical (unpaired) electrons. The van der Waals surface area contributed by atoms with Crippen molar-refractivity contribution < 1.29 is 9.59 Å². The van der Waals surface area contributed by atoms with Crippen LogP contribution in [0, 0.1) is 13.8 Å². The monoisotopic (exact) mass is 441 g/mol. The van der Waals surface area contributed by atoms with E-state index in [1.165, 1.54) is 10.4 Å². The molecule has 0 fully saturated rings. The van der Waals surface area contributed by atoms with E-state index in [1.54, 1.807) is 33.4 Å². The summed E-state index contributed by atoms with van der Waals surface area (Å²) in [5.41, 5.74) is 4.08. The lowest BCUT2D eigenvalue weighted by Gasteiger charge is -2.28. The third-order valence-corrected chi connectivity index (χ3v) is 7.38. The summed E-state index contributed by atoms with van der Waals surface area (Å²) in [4.78, 5) is 40.6. The van der Waals surface area contributed by atoms with Crippen molar-refractivity contribution in [1.82, 2.24) is 9.47 Å². The Morgan fingerprint density at radius 3 is 2.77 bits per heavy atom. The predicted octanol–water partition coefficient (Wildman–Crippen LogP) is 3.82. The van der Waals surface area contributed by atoms with Crippen molar-refractivity contribution in [2.75, 3.05) is 11.9 Å². The van der Waals surface area contributed by atoms with Crippen LogP contribution in [0.3, 0.4) is 0 Å². The number of nitrogens with zero attached hydrogens (tertiary/aromatic N) is 2. The number of thiazole rings is 1. The molecule has 0 saturated carbocycles. The molecule has 4 rings (SSSR count). The Hall–Kier alpha value is -2.71. The van der Waals surface area contributed by atoms with Gasteiger partial charge in [-0.25, -0.2) is 0 Å². The zero-order chi connectivity index (χ0) is 21.3. The summed E-state index contributed by atoms with van der Waals surface area (Å²) in [5, 5.41) is 6.77. The fourth-order valence-corrected chi connectivity index (χ4v) is 5.35. The van der Waals surface area contributed by atoms with Gasteiger partial charge in [-0.3, -0.25) is 14.4 Å². The molecule has 6 nitrogen and oxygen atoms in total. The van der Waals surface area contributed by atoms with Crippen LogP contribution in [-0.4, -0.2) is 27.8 Å². The van der Waals surface area contributed by atoms with Crippen LogP contribution < -0.4 is 10.2 Å². The van der Waals surface area contributed by atoms with Crippen LogP contribution in [0.1, 0.15) is 38.5 Å². The Bertz CT molecular complexity index is 1160. The van der Waals surface area contributed by atoms with Crippen molar-refractivity contribution in [1.29, 1.82) is 0 Å². The minimum atomic E-state index is -0.180. The molecule has 30 heavy (non-hydrogen) atoms. The lowest BCUT2D eigenvalue weighted by Crippen LogP contribution is -2.35. The summed E-state index contributed by atoms with van der Waals surface area (Å²) < 4.78 is 1.60. The molecule has 3 heterocycles. The highest BCUT2D eigenvalue weighted by Crippen LogP contribution is 2.27. The molecule has 2 aromatic heterocycles. The third-order valence-electron chi connectivity index (χ3n) is 5.47. The molecule has 156 valence electrons. The number of amides is 2. The number of rotatable bonds is 5. The maximum Gasteiger partial charge on any atom is 0.307 e. The van der Waals surface area contributed by atoms with Gasteiger partial charge in [0, 0.05) is 53.3 Å². The molecule has 0 bridgehead atoms. The maximum absolute atomic E-state index is 13.1. The number of hydrogen-bond donors (Lipinski definition) is 1. The first-order valence-corrected chi connectivity index (χ1v) is 11.6.